The van der Waals surface area contributed by atoms with Crippen LogP contribution < -0.4 is 14.9 Å². The van der Waals surface area contributed by atoms with Crippen LogP contribution in [0.4, 0.5) is 4.39 Å². The normalized spacial score (nSPS) is 10.8. The third-order valence-electron chi connectivity index (χ3n) is 4.11. The van der Waals surface area contributed by atoms with E-state index in [1.165, 1.54) is 30.5 Å². The highest BCUT2D eigenvalue weighted by Gasteiger charge is 2.13. The number of nitrogens with one attached hydrogen (secondary N) is 1. The Balaban J connectivity index is 1.71. The van der Waals surface area contributed by atoms with Gasteiger partial charge in [0.05, 0.1) is 17.8 Å². The molecule has 0 atom stereocenters. The third kappa shape index (κ3) is 6.67. The summed E-state index contributed by atoms with van der Waals surface area (Å²) in [5.74, 6) is 0.0497. The zero-order valence-electron chi connectivity index (χ0n) is 16.6. The molecule has 1 amide bonds. The summed E-state index contributed by atoms with van der Waals surface area (Å²) in [7, 11) is 0. The van der Waals surface area contributed by atoms with E-state index in [2.05, 4.69) is 33.1 Å². The molecule has 31 heavy (non-hydrogen) atoms. The van der Waals surface area contributed by atoms with Crippen molar-refractivity contribution in [1.82, 2.24) is 5.43 Å². The van der Waals surface area contributed by atoms with E-state index in [1.807, 2.05) is 31.2 Å². The summed E-state index contributed by atoms with van der Waals surface area (Å²) in [5, 5.41) is 4.30. The number of benzene rings is 3. The topological polar surface area (TPSA) is 59.9 Å². The molecule has 3 aromatic rings. The minimum absolute atomic E-state index is 0.297. The van der Waals surface area contributed by atoms with E-state index >= 15 is 0 Å². The lowest BCUT2D eigenvalue weighted by molar-refractivity contribution is 0.0955. The van der Waals surface area contributed by atoms with Crippen molar-refractivity contribution >= 4 is 46.3 Å². The van der Waals surface area contributed by atoms with Crippen molar-refractivity contribution in [2.24, 2.45) is 5.10 Å². The van der Waals surface area contributed by atoms with E-state index in [0.29, 0.717) is 40.9 Å². The van der Waals surface area contributed by atoms with Gasteiger partial charge in [-0.25, -0.2) is 9.82 Å². The number of carbonyl (C=O) groups excluding carboxylic acids is 1. The van der Waals surface area contributed by atoms with Gasteiger partial charge < -0.3 is 9.47 Å². The van der Waals surface area contributed by atoms with Crippen LogP contribution in [0.3, 0.4) is 0 Å². The van der Waals surface area contributed by atoms with Gasteiger partial charge in [0.15, 0.2) is 11.5 Å². The van der Waals surface area contributed by atoms with Gasteiger partial charge in [0.1, 0.15) is 12.4 Å². The van der Waals surface area contributed by atoms with Crippen LogP contribution in [0.1, 0.15) is 28.4 Å². The maximum Gasteiger partial charge on any atom is 0.271 e. The molecule has 3 aromatic carbocycles. The van der Waals surface area contributed by atoms with Crippen LogP contribution in [0.15, 0.2) is 65.8 Å². The van der Waals surface area contributed by atoms with Gasteiger partial charge in [0.25, 0.3) is 5.91 Å². The van der Waals surface area contributed by atoms with Crippen LogP contribution in [-0.2, 0) is 6.61 Å². The number of amides is 1. The van der Waals surface area contributed by atoms with Crippen LogP contribution in [0.25, 0.3) is 0 Å². The molecule has 3 rings (SSSR count). The van der Waals surface area contributed by atoms with Crippen molar-refractivity contribution in [3.63, 3.8) is 0 Å². The fourth-order valence-corrected chi connectivity index (χ4v) is 3.27. The van der Waals surface area contributed by atoms with Crippen LogP contribution >= 0.6 is 34.2 Å². The number of hydrogen-bond acceptors (Lipinski definition) is 4. The largest absolute Gasteiger partial charge is 0.490 e. The number of hydrazone groups is 1. The zero-order valence-corrected chi connectivity index (χ0v) is 19.5. The first-order valence-electron chi connectivity index (χ1n) is 9.39. The molecule has 0 aliphatic carbocycles. The first-order chi connectivity index (χ1) is 15.0. The van der Waals surface area contributed by atoms with Gasteiger partial charge in [-0.3, -0.25) is 4.79 Å². The van der Waals surface area contributed by atoms with Crippen LogP contribution in [0, 0.1) is 9.39 Å². The molecule has 8 heteroatoms. The number of carbonyl (C=O) groups is 1. The summed E-state index contributed by atoms with van der Waals surface area (Å²) in [6.07, 6.45) is 1.44. The lowest BCUT2D eigenvalue weighted by atomic mass is 10.2. The Morgan fingerprint density at radius 3 is 2.52 bits per heavy atom. The minimum Gasteiger partial charge on any atom is -0.490 e. The van der Waals surface area contributed by atoms with Gasteiger partial charge >= 0.3 is 0 Å². The molecule has 1 N–H and O–H groups in total. The van der Waals surface area contributed by atoms with Crippen LogP contribution in [0.2, 0.25) is 5.02 Å². The van der Waals surface area contributed by atoms with Crippen molar-refractivity contribution in [3.05, 3.63) is 91.8 Å². The summed E-state index contributed by atoms with van der Waals surface area (Å²) in [4.78, 5) is 12.1. The molecule has 160 valence electrons. The van der Waals surface area contributed by atoms with Crippen molar-refractivity contribution in [1.29, 1.82) is 0 Å². The second-order valence-corrected chi connectivity index (χ2v) is 8.04. The number of rotatable bonds is 8. The van der Waals surface area contributed by atoms with Gasteiger partial charge in [0.2, 0.25) is 0 Å². The highest BCUT2D eigenvalue weighted by atomic mass is 127. The molecule has 0 saturated heterocycles. The molecule has 0 aromatic heterocycles. The maximum absolute atomic E-state index is 13.0. The van der Waals surface area contributed by atoms with Gasteiger partial charge in [-0.1, -0.05) is 23.7 Å². The lowest BCUT2D eigenvalue weighted by Crippen LogP contribution is -2.17. The molecular weight excluding hydrogens is 534 g/mol. The SMILES string of the molecule is CCOc1cc(/C=N\NC(=O)c2ccc(F)cc2)cc(Cl)c1OCc1ccc(I)cc1. The van der Waals surface area contributed by atoms with Gasteiger partial charge in [0, 0.05) is 9.13 Å². The average Bonchev–Trinajstić information content (AvgIpc) is 2.75. The van der Waals surface area contributed by atoms with E-state index in [9.17, 15) is 9.18 Å². The Hall–Kier alpha value is -2.65. The first kappa shape index (κ1) is 23.0. The van der Waals surface area contributed by atoms with Crippen molar-refractivity contribution in [2.45, 2.75) is 13.5 Å². The van der Waals surface area contributed by atoms with Crippen molar-refractivity contribution < 1.29 is 18.7 Å². The number of hydrogen-bond donors (Lipinski definition) is 1. The fraction of sp³-hybridized carbons (Fsp3) is 0.130. The van der Waals surface area contributed by atoms with Crippen molar-refractivity contribution in [3.8, 4) is 11.5 Å². The molecule has 0 heterocycles. The smallest absolute Gasteiger partial charge is 0.271 e. The Bertz CT molecular complexity index is 1070. The summed E-state index contributed by atoms with van der Waals surface area (Å²) in [6, 6.07) is 16.6. The van der Waals surface area contributed by atoms with Gasteiger partial charge in [-0.05, 0) is 89.2 Å². The molecule has 0 aliphatic heterocycles. The maximum atomic E-state index is 13.0. The number of nitrogens with zero attached hydrogens (tertiary/aromatic N) is 1. The molecule has 0 aliphatic rings. The van der Waals surface area contributed by atoms with E-state index < -0.39 is 11.7 Å². The van der Waals surface area contributed by atoms with Gasteiger partial charge in [-0.2, -0.15) is 5.10 Å². The molecule has 0 unspecified atom stereocenters. The monoisotopic (exact) mass is 552 g/mol. The number of halogens is 3. The summed E-state index contributed by atoms with van der Waals surface area (Å²) >= 11 is 8.67. The Kier molecular flexibility index (Phi) is 8.25. The molecule has 0 fully saturated rings. The highest BCUT2D eigenvalue weighted by molar-refractivity contribution is 14.1. The predicted octanol–water partition coefficient (Wildman–Crippen LogP) is 5.83. The Labute approximate surface area is 198 Å². The summed E-state index contributed by atoms with van der Waals surface area (Å²) < 4.78 is 25.7. The standard InChI is InChI=1S/C23H19ClFIN2O3/c1-2-30-21-12-16(13-27-28-23(29)17-5-7-18(25)8-6-17)11-20(24)22(21)31-14-15-3-9-19(26)10-4-15/h3-13H,2,14H2,1H3,(H,28,29)/b27-13-. The van der Waals surface area contributed by atoms with E-state index in [4.69, 9.17) is 21.1 Å². The fourth-order valence-electron chi connectivity index (χ4n) is 2.63. The third-order valence-corrected chi connectivity index (χ3v) is 5.11. The van der Waals surface area contributed by atoms with E-state index in [1.54, 1.807) is 12.1 Å². The second kappa shape index (κ2) is 11.1. The zero-order chi connectivity index (χ0) is 22.2. The molecule has 0 saturated carbocycles. The van der Waals surface area contributed by atoms with Crippen LogP contribution in [0.5, 0.6) is 11.5 Å². The Morgan fingerprint density at radius 1 is 1.13 bits per heavy atom. The summed E-state index contributed by atoms with van der Waals surface area (Å²) in [5.41, 5.74) is 4.32. The number of ether oxygens (including phenoxy) is 2. The highest BCUT2D eigenvalue weighted by Crippen LogP contribution is 2.37. The average molecular weight is 553 g/mol. The lowest BCUT2D eigenvalue weighted by Gasteiger charge is -2.14. The first-order valence-corrected chi connectivity index (χ1v) is 10.8. The quantitative estimate of drug-likeness (QED) is 0.218. The van der Waals surface area contributed by atoms with E-state index in [-0.39, 0.29) is 0 Å². The molecule has 5 nitrogen and oxygen atoms in total. The molecule has 0 bridgehead atoms. The van der Waals surface area contributed by atoms with Gasteiger partial charge in [-0.15, -0.1) is 0 Å². The Morgan fingerprint density at radius 2 is 1.84 bits per heavy atom. The molecule has 0 spiro atoms. The van der Waals surface area contributed by atoms with Crippen molar-refractivity contribution in [2.75, 3.05) is 6.61 Å². The summed E-state index contributed by atoms with van der Waals surface area (Å²) in [6.45, 7) is 2.64. The van der Waals surface area contributed by atoms with E-state index in [0.717, 1.165) is 9.13 Å². The minimum atomic E-state index is -0.454. The predicted molar refractivity (Wildman–Crippen MR) is 128 cm³/mol. The second-order valence-electron chi connectivity index (χ2n) is 6.38. The van der Waals surface area contributed by atoms with Crippen LogP contribution in [-0.4, -0.2) is 18.7 Å². The molecule has 0 radical (unpaired) electrons. The molecular formula is C23H19ClFIN2O3.